The van der Waals surface area contributed by atoms with Crippen molar-refractivity contribution in [3.05, 3.63) is 47.7 Å². The number of ether oxygens (including phenoxy) is 1. The van der Waals surface area contributed by atoms with Crippen LogP contribution in [0.25, 0.3) is 10.7 Å². The first-order valence-corrected chi connectivity index (χ1v) is 9.29. The van der Waals surface area contributed by atoms with Gasteiger partial charge in [0.15, 0.2) is 0 Å². The van der Waals surface area contributed by atoms with Crippen LogP contribution in [0.4, 0.5) is 0 Å². The van der Waals surface area contributed by atoms with Gasteiger partial charge in [-0.05, 0) is 35.7 Å². The van der Waals surface area contributed by atoms with Gasteiger partial charge in [-0.15, -0.1) is 11.3 Å². The molecule has 0 aliphatic rings. The zero-order chi connectivity index (χ0) is 17.2. The number of hydrogen-bond acceptors (Lipinski definition) is 7. The maximum atomic E-state index is 12.6. The number of methoxy groups -OCH3 is 1. The van der Waals surface area contributed by atoms with E-state index in [4.69, 9.17) is 9.26 Å². The van der Waals surface area contributed by atoms with E-state index in [0.29, 0.717) is 11.6 Å². The summed E-state index contributed by atoms with van der Waals surface area (Å²) in [4.78, 5) is 5.27. The summed E-state index contributed by atoms with van der Waals surface area (Å²) in [5, 5.41) is 5.78. The van der Waals surface area contributed by atoms with Gasteiger partial charge in [-0.3, -0.25) is 0 Å². The molecular formula is C15H15N3O4S2. The van der Waals surface area contributed by atoms with Crippen molar-refractivity contribution in [2.24, 2.45) is 0 Å². The fourth-order valence-corrected chi connectivity index (χ4v) is 3.80. The molecule has 0 saturated carbocycles. The second-order valence-electron chi connectivity index (χ2n) is 4.93. The van der Waals surface area contributed by atoms with Crippen LogP contribution in [0.2, 0.25) is 0 Å². The molecular weight excluding hydrogens is 350 g/mol. The maximum absolute atomic E-state index is 12.6. The van der Waals surface area contributed by atoms with E-state index in [1.807, 2.05) is 17.5 Å². The topological polar surface area (TPSA) is 85.5 Å². The van der Waals surface area contributed by atoms with Crippen LogP contribution in [0.3, 0.4) is 0 Å². The lowest BCUT2D eigenvalue weighted by atomic mass is 10.3. The van der Waals surface area contributed by atoms with Crippen molar-refractivity contribution in [3.63, 3.8) is 0 Å². The Labute approximate surface area is 143 Å². The average molecular weight is 365 g/mol. The molecule has 0 atom stereocenters. The third kappa shape index (κ3) is 3.32. The number of aromatic nitrogens is 2. The van der Waals surface area contributed by atoms with Crippen molar-refractivity contribution in [3.8, 4) is 16.5 Å². The summed E-state index contributed by atoms with van der Waals surface area (Å²) in [5.74, 6) is 1.28. The molecule has 1 aromatic carbocycles. The normalized spacial score (nSPS) is 11.8. The van der Waals surface area contributed by atoms with Crippen molar-refractivity contribution in [1.29, 1.82) is 0 Å². The van der Waals surface area contributed by atoms with E-state index >= 15 is 0 Å². The van der Waals surface area contributed by atoms with Gasteiger partial charge >= 0.3 is 0 Å². The molecule has 9 heteroatoms. The van der Waals surface area contributed by atoms with Gasteiger partial charge in [-0.1, -0.05) is 11.2 Å². The first-order valence-electron chi connectivity index (χ1n) is 6.97. The minimum absolute atomic E-state index is 0.00720. The standard InChI is InChI=1S/C15H15N3O4S2/c1-18(24(19,20)12-7-5-11(21-2)6-8-12)10-14-16-15(17-22-14)13-4-3-9-23-13/h3-9H,10H2,1-2H3. The monoisotopic (exact) mass is 365 g/mol. The molecule has 0 unspecified atom stereocenters. The van der Waals surface area contributed by atoms with Crippen LogP contribution < -0.4 is 4.74 Å². The molecule has 7 nitrogen and oxygen atoms in total. The van der Waals surface area contributed by atoms with Gasteiger partial charge in [0.2, 0.25) is 21.7 Å². The molecule has 2 heterocycles. The predicted octanol–water partition coefficient (Wildman–Crippen LogP) is 2.63. The van der Waals surface area contributed by atoms with Crippen LogP contribution in [0.15, 0.2) is 51.2 Å². The SMILES string of the molecule is COc1ccc(S(=O)(=O)N(C)Cc2nc(-c3cccs3)no2)cc1. The minimum atomic E-state index is -3.65. The Morgan fingerprint density at radius 3 is 2.62 bits per heavy atom. The Kier molecular flexibility index (Phi) is 4.65. The average Bonchev–Trinajstić information content (AvgIpc) is 3.26. The number of nitrogens with zero attached hydrogens (tertiary/aromatic N) is 3. The lowest BCUT2D eigenvalue weighted by molar-refractivity contribution is 0.337. The van der Waals surface area contributed by atoms with Gasteiger partial charge in [-0.2, -0.15) is 9.29 Å². The van der Waals surface area contributed by atoms with Gasteiger partial charge in [-0.25, -0.2) is 8.42 Å². The molecule has 0 fully saturated rings. The minimum Gasteiger partial charge on any atom is -0.497 e. The van der Waals surface area contributed by atoms with Crippen LogP contribution in [-0.4, -0.2) is 37.0 Å². The van der Waals surface area contributed by atoms with Gasteiger partial charge in [0.25, 0.3) is 0 Å². The van der Waals surface area contributed by atoms with Crippen molar-refractivity contribution >= 4 is 21.4 Å². The summed E-state index contributed by atoms with van der Waals surface area (Å²) in [6.45, 7) is -0.00720. The third-order valence-electron chi connectivity index (χ3n) is 3.34. The Balaban J connectivity index is 1.77. The molecule has 0 spiro atoms. The van der Waals surface area contributed by atoms with Gasteiger partial charge in [0.1, 0.15) is 5.75 Å². The van der Waals surface area contributed by atoms with Crippen LogP contribution in [0, 0.1) is 0 Å². The summed E-state index contributed by atoms with van der Waals surface area (Å²) in [7, 11) is -0.663. The largest absolute Gasteiger partial charge is 0.497 e. The summed E-state index contributed by atoms with van der Waals surface area (Å²) in [6, 6.07) is 9.95. The molecule has 24 heavy (non-hydrogen) atoms. The summed E-state index contributed by atoms with van der Waals surface area (Å²) >= 11 is 1.49. The summed E-state index contributed by atoms with van der Waals surface area (Å²) in [5.41, 5.74) is 0. The highest BCUT2D eigenvalue weighted by Crippen LogP contribution is 2.23. The van der Waals surface area contributed by atoms with E-state index in [9.17, 15) is 8.42 Å². The van der Waals surface area contributed by atoms with E-state index < -0.39 is 10.0 Å². The van der Waals surface area contributed by atoms with Gasteiger partial charge < -0.3 is 9.26 Å². The van der Waals surface area contributed by atoms with Crippen molar-refractivity contribution in [1.82, 2.24) is 14.4 Å². The molecule has 0 amide bonds. The van der Waals surface area contributed by atoms with Crippen molar-refractivity contribution < 1.29 is 17.7 Å². The molecule has 0 radical (unpaired) electrons. The van der Waals surface area contributed by atoms with E-state index in [2.05, 4.69) is 10.1 Å². The smallest absolute Gasteiger partial charge is 0.243 e. The molecule has 0 bridgehead atoms. The molecule has 0 N–H and O–H groups in total. The maximum Gasteiger partial charge on any atom is 0.243 e. The Hall–Kier alpha value is -2.23. The number of rotatable bonds is 6. The number of sulfonamides is 1. The summed E-state index contributed by atoms with van der Waals surface area (Å²) in [6.07, 6.45) is 0. The highest BCUT2D eigenvalue weighted by Gasteiger charge is 2.23. The van der Waals surface area contributed by atoms with E-state index in [1.165, 1.54) is 41.9 Å². The van der Waals surface area contributed by atoms with E-state index in [1.54, 1.807) is 12.1 Å². The fourth-order valence-electron chi connectivity index (χ4n) is 2.03. The first-order chi connectivity index (χ1) is 11.5. The zero-order valence-corrected chi connectivity index (χ0v) is 14.7. The molecule has 126 valence electrons. The van der Waals surface area contributed by atoms with Crippen LogP contribution in [0.5, 0.6) is 5.75 Å². The van der Waals surface area contributed by atoms with Crippen LogP contribution in [-0.2, 0) is 16.6 Å². The first kappa shape index (κ1) is 16.6. The number of hydrogen-bond donors (Lipinski definition) is 0. The van der Waals surface area contributed by atoms with E-state index in [-0.39, 0.29) is 17.3 Å². The molecule has 0 aliphatic heterocycles. The quantitative estimate of drug-likeness (QED) is 0.667. The lowest BCUT2D eigenvalue weighted by Crippen LogP contribution is -2.26. The lowest BCUT2D eigenvalue weighted by Gasteiger charge is -2.15. The second-order valence-corrected chi connectivity index (χ2v) is 7.92. The Morgan fingerprint density at radius 2 is 2.00 bits per heavy atom. The molecule has 0 saturated heterocycles. The van der Waals surface area contributed by atoms with Gasteiger partial charge in [0, 0.05) is 7.05 Å². The zero-order valence-electron chi connectivity index (χ0n) is 13.0. The highest BCUT2D eigenvalue weighted by atomic mass is 32.2. The molecule has 3 rings (SSSR count). The van der Waals surface area contributed by atoms with Crippen LogP contribution in [0.1, 0.15) is 5.89 Å². The summed E-state index contributed by atoms with van der Waals surface area (Å²) < 4.78 is 36.5. The molecule has 2 aromatic heterocycles. The molecule has 3 aromatic rings. The molecule has 0 aliphatic carbocycles. The Bertz CT molecular complexity index is 903. The van der Waals surface area contributed by atoms with Crippen LogP contribution >= 0.6 is 11.3 Å². The second kappa shape index (κ2) is 6.71. The fraction of sp³-hybridized carbons (Fsp3) is 0.200. The van der Waals surface area contributed by atoms with Crippen molar-refractivity contribution in [2.45, 2.75) is 11.4 Å². The predicted molar refractivity (Wildman–Crippen MR) is 89.3 cm³/mol. The number of benzene rings is 1. The third-order valence-corrected chi connectivity index (χ3v) is 6.02. The van der Waals surface area contributed by atoms with Crippen molar-refractivity contribution in [2.75, 3.05) is 14.2 Å². The van der Waals surface area contributed by atoms with Gasteiger partial charge in [0.05, 0.1) is 23.4 Å². The number of thiophene rings is 1. The Morgan fingerprint density at radius 1 is 1.25 bits per heavy atom. The highest BCUT2D eigenvalue weighted by molar-refractivity contribution is 7.89. The van der Waals surface area contributed by atoms with E-state index in [0.717, 1.165) is 4.88 Å².